The first kappa shape index (κ1) is 25.5. The Hall–Kier alpha value is -3.59. The van der Waals surface area contributed by atoms with Crippen LogP contribution in [0.15, 0.2) is 77.7 Å². The fourth-order valence-corrected chi connectivity index (χ4v) is 4.61. The summed E-state index contributed by atoms with van der Waals surface area (Å²) < 4.78 is 9.35. The van der Waals surface area contributed by atoms with Crippen LogP contribution >= 0.6 is 23.5 Å². The maximum absolute atomic E-state index is 11.3. The molecule has 1 heterocycles. The predicted molar refractivity (Wildman–Crippen MR) is 144 cm³/mol. The zero-order valence-electron chi connectivity index (χ0n) is 19.7. The highest BCUT2D eigenvalue weighted by molar-refractivity contribution is 8.00. The molecule has 1 aromatic heterocycles. The van der Waals surface area contributed by atoms with Gasteiger partial charge in [-0.15, -0.1) is 0 Å². The van der Waals surface area contributed by atoms with Crippen LogP contribution < -0.4 is 15.2 Å². The minimum absolute atomic E-state index is 0.198. The summed E-state index contributed by atoms with van der Waals surface area (Å²) in [6, 6.07) is 21.8. The number of carboxylic acids is 1. The molecule has 36 heavy (non-hydrogen) atoms. The maximum atomic E-state index is 11.3. The van der Waals surface area contributed by atoms with Crippen molar-refractivity contribution >= 4 is 35.5 Å². The number of anilines is 1. The van der Waals surface area contributed by atoms with Crippen molar-refractivity contribution < 1.29 is 14.6 Å². The molecule has 0 aliphatic rings. The van der Waals surface area contributed by atoms with Crippen molar-refractivity contribution in [3.05, 3.63) is 100 Å². The number of rotatable bonds is 9. The van der Waals surface area contributed by atoms with E-state index in [0.717, 1.165) is 22.3 Å². The fourth-order valence-electron chi connectivity index (χ4n) is 3.78. The number of nitrogens with two attached hydrogens (primary N) is 1. The van der Waals surface area contributed by atoms with E-state index in [1.165, 1.54) is 11.9 Å². The summed E-state index contributed by atoms with van der Waals surface area (Å²) in [6.07, 6.45) is -0.461. The molecule has 0 fully saturated rings. The quantitative estimate of drug-likeness (QED) is 0.220. The van der Waals surface area contributed by atoms with Crippen LogP contribution in [-0.4, -0.2) is 27.6 Å². The van der Waals surface area contributed by atoms with Gasteiger partial charge in [0.1, 0.15) is 6.10 Å². The van der Waals surface area contributed by atoms with Gasteiger partial charge in [0, 0.05) is 28.1 Å². The summed E-state index contributed by atoms with van der Waals surface area (Å²) in [7, 11) is 0. The smallest absolute Gasteiger partial charge is 0.335 e. The minimum atomic E-state index is -0.991. The zero-order valence-corrected chi connectivity index (χ0v) is 21.3. The second-order valence-electron chi connectivity index (χ2n) is 8.12. The molecule has 0 saturated heterocycles. The molecule has 4 aromatic rings. The van der Waals surface area contributed by atoms with E-state index in [9.17, 15) is 9.90 Å². The minimum Gasteiger partial charge on any atom is -0.478 e. The van der Waals surface area contributed by atoms with Crippen LogP contribution in [0.5, 0.6) is 5.88 Å². The first-order valence-electron chi connectivity index (χ1n) is 11.2. The van der Waals surface area contributed by atoms with E-state index >= 15 is 0 Å². The number of hydrogen-bond donors (Lipinski definition) is 3. The molecule has 1 unspecified atom stereocenters. The molecule has 0 saturated carbocycles. The Balaban J connectivity index is 1.69. The van der Waals surface area contributed by atoms with Gasteiger partial charge in [-0.05, 0) is 72.8 Å². The number of ether oxygens (including phenoxy) is 1. The molecule has 1 atom stereocenters. The molecule has 0 aliphatic carbocycles. The normalized spacial score (nSPS) is 11.7. The number of halogens is 1. The Morgan fingerprint density at radius 3 is 2.47 bits per heavy atom. The average molecular weight is 521 g/mol. The third-order valence-electron chi connectivity index (χ3n) is 5.48. The van der Waals surface area contributed by atoms with Gasteiger partial charge in [0.2, 0.25) is 11.8 Å². The van der Waals surface area contributed by atoms with E-state index < -0.39 is 12.1 Å². The standard InChI is InChI=1S/C27H25ClN4O3S/c1-16-6-3-7-17(2)25(16)22-14-24(35-23(15-29)18-8-4-10-20(28)12-18)31-27(30-22)32-36-21-11-5-9-19(13-21)26(33)34/h3-14,23H,15,29H2,1-2H3,(H,33,34)(H,30,31,32). The Morgan fingerprint density at radius 2 is 1.78 bits per heavy atom. The second kappa shape index (κ2) is 11.4. The van der Waals surface area contributed by atoms with Crippen molar-refractivity contribution in [2.45, 2.75) is 24.8 Å². The lowest BCUT2D eigenvalue weighted by Gasteiger charge is -2.19. The molecular weight excluding hydrogens is 496 g/mol. The van der Waals surface area contributed by atoms with Gasteiger partial charge in [-0.3, -0.25) is 4.72 Å². The molecule has 0 spiro atoms. The lowest BCUT2D eigenvalue weighted by atomic mass is 10.00. The zero-order chi connectivity index (χ0) is 25.7. The number of carboxylic acid groups (broad SMARTS) is 1. The predicted octanol–water partition coefficient (Wildman–Crippen LogP) is 6.31. The van der Waals surface area contributed by atoms with Crippen LogP contribution in [0.2, 0.25) is 5.02 Å². The molecule has 0 radical (unpaired) electrons. The first-order valence-corrected chi connectivity index (χ1v) is 12.4. The van der Waals surface area contributed by atoms with Crippen LogP contribution in [0.25, 0.3) is 11.3 Å². The Morgan fingerprint density at radius 1 is 1.06 bits per heavy atom. The van der Waals surface area contributed by atoms with Crippen LogP contribution in [0, 0.1) is 13.8 Å². The van der Waals surface area contributed by atoms with Crippen molar-refractivity contribution in [1.82, 2.24) is 9.97 Å². The van der Waals surface area contributed by atoms with E-state index in [0.29, 0.717) is 27.4 Å². The van der Waals surface area contributed by atoms with Crippen molar-refractivity contribution in [2.75, 3.05) is 11.3 Å². The van der Waals surface area contributed by atoms with Crippen LogP contribution in [0.4, 0.5) is 5.95 Å². The van der Waals surface area contributed by atoms with Gasteiger partial charge in [0.05, 0.1) is 11.3 Å². The molecule has 0 aliphatic heterocycles. The van der Waals surface area contributed by atoms with Gasteiger partial charge in [0.15, 0.2) is 0 Å². The van der Waals surface area contributed by atoms with E-state index in [4.69, 9.17) is 27.1 Å². The molecule has 4 N–H and O–H groups in total. The molecule has 9 heteroatoms. The van der Waals surface area contributed by atoms with E-state index in [2.05, 4.69) is 9.71 Å². The highest BCUT2D eigenvalue weighted by Crippen LogP contribution is 2.32. The van der Waals surface area contributed by atoms with Gasteiger partial charge >= 0.3 is 5.97 Å². The summed E-state index contributed by atoms with van der Waals surface area (Å²) in [4.78, 5) is 21.3. The van der Waals surface area contributed by atoms with E-state index in [1.54, 1.807) is 36.4 Å². The number of hydrogen-bond acceptors (Lipinski definition) is 7. The Bertz CT molecular complexity index is 1380. The average Bonchev–Trinajstić information content (AvgIpc) is 2.86. The molecule has 0 bridgehead atoms. The number of carbonyl (C=O) groups is 1. The number of aromatic nitrogens is 2. The highest BCUT2D eigenvalue weighted by atomic mass is 35.5. The monoisotopic (exact) mass is 520 g/mol. The number of benzene rings is 3. The summed E-state index contributed by atoms with van der Waals surface area (Å²) in [5.74, 6) is -0.325. The van der Waals surface area contributed by atoms with Crippen LogP contribution in [0.3, 0.4) is 0 Å². The van der Waals surface area contributed by atoms with Crippen LogP contribution in [0.1, 0.15) is 33.2 Å². The second-order valence-corrected chi connectivity index (χ2v) is 9.43. The maximum Gasteiger partial charge on any atom is 0.335 e. The Kier molecular flexibility index (Phi) is 8.10. The van der Waals surface area contributed by atoms with Gasteiger partial charge in [-0.25, -0.2) is 9.78 Å². The van der Waals surface area contributed by atoms with Gasteiger partial charge in [0.25, 0.3) is 0 Å². The van der Waals surface area contributed by atoms with Crippen molar-refractivity contribution in [1.29, 1.82) is 0 Å². The summed E-state index contributed by atoms with van der Waals surface area (Å²) in [5, 5.41) is 9.87. The van der Waals surface area contributed by atoms with Crippen molar-refractivity contribution in [2.24, 2.45) is 5.73 Å². The summed E-state index contributed by atoms with van der Waals surface area (Å²) in [6.45, 7) is 4.28. The SMILES string of the molecule is Cc1cccc(C)c1-c1cc(OC(CN)c2cccc(Cl)c2)nc(NSc2cccc(C(=O)O)c2)n1. The third-order valence-corrected chi connectivity index (χ3v) is 6.49. The third kappa shape index (κ3) is 6.15. The van der Waals surface area contributed by atoms with E-state index in [1.807, 2.05) is 50.2 Å². The lowest BCUT2D eigenvalue weighted by molar-refractivity contribution is 0.0696. The molecule has 4 rings (SSSR count). The highest BCUT2D eigenvalue weighted by Gasteiger charge is 2.17. The fraction of sp³-hybridized carbons (Fsp3) is 0.148. The summed E-state index contributed by atoms with van der Waals surface area (Å²) >= 11 is 7.39. The van der Waals surface area contributed by atoms with Crippen molar-refractivity contribution in [3.63, 3.8) is 0 Å². The largest absolute Gasteiger partial charge is 0.478 e. The number of aryl methyl sites for hydroxylation is 2. The molecule has 3 aromatic carbocycles. The number of nitrogens with one attached hydrogen (secondary N) is 1. The van der Waals surface area contributed by atoms with Crippen LogP contribution in [-0.2, 0) is 0 Å². The van der Waals surface area contributed by atoms with Crippen molar-refractivity contribution in [3.8, 4) is 17.1 Å². The van der Waals surface area contributed by atoms with Gasteiger partial charge in [-0.1, -0.05) is 48.0 Å². The Labute approximate surface area is 218 Å². The first-order chi connectivity index (χ1) is 17.3. The molecular formula is C27H25ClN4O3S. The number of nitrogens with zero attached hydrogens (tertiary/aromatic N) is 2. The summed E-state index contributed by atoms with van der Waals surface area (Å²) in [5.41, 5.74) is 10.9. The molecule has 7 nitrogen and oxygen atoms in total. The topological polar surface area (TPSA) is 110 Å². The molecule has 184 valence electrons. The molecule has 0 amide bonds. The van der Waals surface area contributed by atoms with Gasteiger partial charge in [-0.2, -0.15) is 4.98 Å². The number of aromatic carboxylic acids is 1. The van der Waals surface area contributed by atoms with E-state index in [-0.39, 0.29) is 12.1 Å². The lowest BCUT2D eigenvalue weighted by Crippen LogP contribution is -2.19. The van der Waals surface area contributed by atoms with Gasteiger partial charge < -0.3 is 15.6 Å².